The lowest BCUT2D eigenvalue weighted by molar-refractivity contribution is 0.909. The van der Waals surface area contributed by atoms with Crippen LogP contribution >= 0.6 is 27.3 Å². The number of hydrogen-bond donors (Lipinski definition) is 0. The largest absolute Gasteiger partial charge is 0.144 e. The van der Waals surface area contributed by atoms with Crippen LogP contribution in [0, 0.1) is 0 Å². The molecule has 0 amide bonds. The maximum absolute atomic E-state index is 3.83. The number of alkyl halides is 1. The summed E-state index contributed by atoms with van der Waals surface area (Å²) in [5, 5.41) is 0. The zero-order valence-corrected chi connectivity index (χ0v) is 12.1. The number of aryl methyl sites for hydroxylation is 2. The van der Waals surface area contributed by atoms with Gasteiger partial charge < -0.3 is 0 Å². The fraction of sp³-hybridized carbons (Fsp3) is 0.333. The van der Waals surface area contributed by atoms with E-state index in [1.165, 1.54) is 29.7 Å². The maximum atomic E-state index is 3.83. The van der Waals surface area contributed by atoms with Gasteiger partial charge in [-0.3, -0.25) is 0 Å². The molecule has 0 spiro atoms. The van der Waals surface area contributed by atoms with Crippen molar-refractivity contribution in [3.8, 4) is 0 Å². The van der Waals surface area contributed by atoms with Crippen LogP contribution in [0.1, 0.15) is 32.1 Å². The Bertz CT molecular complexity index is 479. The molecule has 0 nitrogen and oxygen atoms in total. The summed E-state index contributed by atoms with van der Waals surface area (Å²) in [5.74, 6) is 0. The van der Waals surface area contributed by atoms with Crippen molar-refractivity contribution >= 4 is 27.3 Å². The van der Waals surface area contributed by atoms with E-state index in [4.69, 9.17) is 0 Å². The van der Waals surface area contributed by atoms with E-state index in [1.54, 1.807) is 10.4 Å². The van der Waals surface area contributed by atoms with Gasteiger partial charge in [-0.05, 0) is 42.9 Å². The van der Waals surface area contributed by atoms with Gasteiger partial charge in [0.25, 0.3) is 0 Å². The van der Waals surface area contributed by atoms with Crippen LogP contribution in [-0.4, -0.2) is 0 Å². The van der Waals surface area contributed by atoms with Gasteiger partial charge in [0.15, 0.2) is 0 Å². The van der Waals surface area contributed by atoms with Crippen LogP contribution in [0.2, 0.25) is 0 Å². The lowest BCUT2D eigenvalue weighted by Gasteiger charge is -2.07. The van der Waals surface area contributed by atoms with E-state index in [9.17, 15) is 0 Å². The van der Waals surface area contributed by atoms with Crippen molar-refractivity contribution in [2.75, 3.05) is 0 Å². The number of hydrogen-bond acceptors (Lipinski definition) is 1. The summed E-state index contributed by atoms with van der Waals surface area (Å²) in [5.41, 5.74) is 3.01. The van der Waals surface area contributed by atoms with Crippen LogP contribution in [0.3, 0.4) is 0 Å². The van der Waals surface area contributed by atoms with Crippen LogP contribution in [-0.2, 0) is 19.3 Å². The topological polar surface area (TPSA) is 0 Å². The van der Waals surface area contributed by atoms with Crippen LogP contribution in [0.4, 0.5) is 0 Å². The van der Waals surface area contributed by atoms with Gasteiger partial charge in [-0.15, -0.1) is 11.3 Å². The summed E-state index contributed by atoms with van der Waals surface area (Å²) in [6.45, 7) is 0. The van der Waals surface area contributed by atoms with Gasteiger partial charge in [-0.1, -0.05) is 46.3 Å². The fourth-order valence-electron chi connectivity index (χ4n) is 2.43. The highest BCUT2D eigenvalue weighted by molar-refractivity contribution is 9.09. The summed E-state index contributed by atoms with van der Waals surface area (Å²) in [4.78, 5) is 3.59. The number of halogens is 1. The SMILES string of the molecule is BrC(Cc1ccccc1)c1cc2c(s1)CCC2. The molecule has 1 atom stereocenters. The first-order valence-electron chi connectivity index (χ1n) is 6.12. The van der Waals surface area contributed by atoms with Crippen molar-refractivity contribution in [2.24, 2.45) is 0 Å². The first kappa shape index (κ1) is 11.5. The van der Waals surface area contributed by atoms with Gasteiger partial charge in [0, 0.05) is 9.75 Å². The molecular formula is C15H15BrS. The summed E-state index contributed by atoms with van der Waals surface area (Å²) in [6.07, 6.45) is 5.02. The normalized spacial score (nSPS) is 15.8. The second-order valence-corrected chi connectivity index (χ2v) is 6.88. The van der Waals surface area contributed by atoms with Crippen LogP contribution in [0.15, 0.2) is 36.4 Å². The van der Waals surface area contributed by atoms with Crippen molar-refractivity contribution in [3.05, 3.63) is 57.3 Å². The molecule has 0 saturated carbocycles. The monoisotopic (exact) mass is 306 g/mol. The first-order chi connectivity index (χ1) is 8.33. The first-order valence-corrected chi connectivity index (χ1v) is 7.85. The predicted molar refractivity (Wildman–Crippen MR) is 78.2 cm³/mol. The summed E-state index contributed by atoms with van der Waals surface area (Å²) < 4.78 is 0. The Morgan fingerprint density at radius 3 is 2.76 bits per heavy atom. The van der Waals surface area contributed by atoms with Gasteiger partial charge in [-0.25, -0.2) is 0 Å². The molecule has 3 rings (SSSR count). The van der Waals surface area contributed by atoms with Crippen LogP contribution in [0.25, 0.3) is 0 Å². The van der Waals surface area contributed by atoms with Gasteiger partial charge >= 0.3 is 0 Å². The van der Waals surface area contributed by atoms with Gasteiger partial charge in [0.2, 0.25) is 0 Å². The Morgan fingerprint density at radius 1 is 1.18 bits per heavy atom. The molecule has 88 valence electrons. The Morgan fingerprint density at radius 2 is 2.00 bits per heavy atom. The number of benzene rings is 1. The molecule has 2 heteroatoms. The molecule has 1 aliphatic carbocycles. The van der Waals surface area contributed by atoms with E-state index in [0.717, 1.165) is 6.42 Å². The molecule has 1 aliphatic rings. The lowest BCUT2D eigenvalue weighted by Crippen LogP contribution is -1.92. The fourth-order valence-corrected chi connectivity index (χ4v) is 4.45. The summed E-state index contributed by atoms with van der Waals surface area (Å²) in [6, 6.07) is 13.1. The van der Waals surface area contributed by atoms with Crippen molar-refractivity contribution in [1.82, 2.24) is 0 Å². The molecule has 0 radical (unpaired) electrons. The van der Waals surface area contributed by atoms with Gasteiger partial charge in [0.1, 0.15) is 0 Å². The zero-order valence-electron chi connectivity index (χ0n) is 9.66. The number of rotatable bonds is 3. The molecule has 1 aromatic heterocycles. The van der Waals surface area contributed by atoms with Crippen molar-refractivity contribution in [2.45, 2.75) is 30.5 Å². The van der Waals surface area contributed by atoms with Crippen LogP contribution < -0.4 is 0 Å². The molecule has 2 aromatic rings. The third-order valence-electron chi connectivity index (χ3n) is 3.33. The minimum atomic E-state index is 0.473. The third kappa shape index (κ3) is 2.48. The molecule has 0 aliphatic heterocycles. The standard InChI is InChI=1S/C15H15BrS/c16-13(9-11-5-2-1-3-6-11)15-10-12-7-4-8-14(12)17-15/h1-3,5-6,10,13H,4,7-9H2. The highest BCUT2D eigenvalue weighted by atomic mass is 79.9. The average Bonchev–Trinajstić information content (AvgIpc) is 2.90. The van der Waals surface area contributed by atoms with E-state index in [2.05, 4.69) is 52.3 Å². The minimum absolute atomic E-state index is 0.473. The predicted octanol–water partition coefficient (Wildman–Crippen LogP) is 4.92. The van der Waals surface area contributed by atoms with Gasteiger partial charge in [-0.2, -0.15) is 0 Å². The molecule has 17 heavy (non-hydrogen) atoms. The minimum Gasteiger partial charge on any atom is -0.144 e. The summed E-state index contributed by atoms with van der Waals surface area (Å²) >= 11 is 5.84. The Balaban J connectivity index is 1.75. The molecule has 0 fully saturated rings. The molecule has 1 heterocycles. The van der Waals surface area contributed by atoms with E-state index >= 15 is 0 Å². The van der Waals surface area contributed by atoms with Crippen molar-refractivity contribution < 1.29 is 0 Å². The van der Waals surface area contributed by atoms with Gasteiger partial charge in [0.05, 0.1) is 4.83 Å². The molecule has 1 aromatic carbocycles. The average molecular weight is 307 g/mol. The van der Waals surface area contributed by atoms with Crippen molar-refractivity contribution in [1.29, 1.82) is 0 Å². The number of thiophene rings is 1. The lowest BCUT2D eigenvalue weighted by atomic mass is 10.1. The molecular weight excluding hydrogens is 292 g/mol. The summed E-state index contributed by atoms with van der Waals surface area (Å²) in [7, 11) is 0. The Hall–Kier alpha value is -0.600. The Kier molecular flexibility index (Phi) is 3.34. The molecule has 0 bridgehead atoms. The van der Waals surface area contributed by atoms with E-state index in [-0.39, 0.29) is 0 Å². The molecule has 0 N–H and O–H groups in total. The van der Waals surface area contributed by atoms with E-state index < -0.39 is 0 Å². The third-order valence-corrected chi connectivity index (χ3v) is 5.80. The smallest absolute Gasteiger partial charge is 0.0529 e. The van der Waals surface area contributed by atoms with Crippen LogP contribution in [0.5, 0.6) is 0 Å². The molecule has 1 unspecified atom stereocenters. The highest BCUT2D eigenvalue weighted by Crippen LogP contribution is 2.38. The highest BCUT2D eigenvalue weighted by Gasteiger charge is 2.18. The second kappa shape index (κ2) is 4.95. The van der Waals surface area contributed by atoms with E-state index in [0.29, 0.717) is 4.83 Å². The zero-order chi connectivity index (χ0) is 11.7. The maximum Gasteiger partial charge on any atom is 0.0529 e. The number of fused-ring (bicyclic) bond motifs is 1. The quantitative estimate of drug-likeness (QED) is 0.706. The Labute approximate surface area is 115 Å². The molecule has 0 saturated heterocycles. The second-order valence-electron chi connectivity index (χ2n) is 4.61. The van der Waals surface area contributed by atoms with E-state index in [1.807, 2.05) is 11.3 Å². The van der Waals surface area contributed by atoms with Crippen molar-refractivity contribution in [3.63, 3.8) is 0 Å².